The molecule has 0 radical (unpaired) electrons. The lowest BCUT2D eigenvalue weighted by atomic mass is 10.0. The van der Waals surface area contributed by atoms with Crippen LogP contribution in [0.25, 0.3) is 0 Å². The summed E-state index contributed by atoms with van der Waals surface area (Å²) in [5.74, 6) is -1.99. The van der Waals surface area contributed by atoms with Crippen LogP contribution in [0.2, 0.25) is 0 Å². The van der Waals surface area contributed by atoms with Gasteiger partial charge in [-0.05, 0) is 49.7 Å². The number of nitriles is 1. The van der Waals surface area contributed by atoms with Crippen LogP contribution in [0.15, 0.2) is 36.4 Å². The lowest BCUT2D eigenvalue weighted by Gasteiger charge is -2.18. The van der Waals surface area contributed by atoms with Gasteiger partial charge in [-0.15, -0.1) is 0 Å². The SMILES string of the molecule is CC(=O)c1ccc(C#N)cc1NC(C)c1ccc(F)c(F)c1. The molecule has 2 rings (SSSR count). The molecule has 0 aliphatic rings. The third kappa shape index (κ3) is 3.29. The quantitative estimate of drug-likeness (QED) is 0.860. The van der Waals surface area contributed by atoms with Crippen molar-refractivity contribution in [1.82, 2.24) is 0 Å². The van der Waals surface area contributed by atoms with Crippen molar-refractivity contribution in [2.24, 2.45) is 0 Å². The predicted octanol–water partition coefficient (Wildman–Crippen LogP) is 4.21. The number of hydrogen-bond acceptors (Lipinski definition) is 3. The molecule has 0 amide bonds. The Hall–Kier alpha value is -2.74. The summed E-state index contributed by atoms with van der Waals surface area (Å²) < 4.78 is 26.3. The first-order chi connectivity index (χ1) is 10.4. The summed E-state index contributed by atoms with van der Waals surface area (Å²) in [6, 6.07) is 9.97. The topological polar surface area (TPSA) is 52.9 Å². The van der Waals surface area contributed by atoms with E-state index in [2.05, 4.69) is 5.32 Å². The maximum Gasteiger partial charge on any atom is 0.161 e. The van der Waals surface area contributed by atoms with E-state index in [1.807, 2.05) is 6.07 Å². The van der Waals surface area contributed by atoms with Gasteiger partial charge >= 0.3 is 0 Å². The van der Waals surface area contributed by atoms with Crippen molar-refractivity contribution in [3.8, 4) is 6.07 Å². The minimum atomic E-state index is -0.927. The van der Waals surface area contributed by atoms with Gasteiger partial charge in [-0.1, -0.05) is 6.07 Å². The summed E-state index contributed by atoms with van der Waals surface area (Å²) in [7, 11) is 0. The van der Waals surface area contributed by atoms with Gasteiger partial charge in [0, 0.05) is 17.3 Å². The zero-order valence-electron chi connectivity index (χ0n) is 12.2. The first kappa shape index (κ1) is 15.6. The number of nitrogens with one attached hydrogen (secondary N) is 1. The molecule has 22 heavy (non-hydrogen) atoms. The number of ketones is 1. The number of nitrogens with zero attached hydrogens (tertiary/aromatic N) is 1. The average Bonchev–Trinajstić information content (AvgIpc) is 2.49. The molecule has 0 bridgehead atoms. The Morgan fingerprint density at radius 1 is 1.18 bits per heavy atom. The van der Waals surface area contributed by atoms with E-state index in [4.69, 9.17) is 5.26 Å². The minimum Gasteiger partial charge on any atom is -0.378 e. The monoisotopic (exact) mass is 300 g/mol. The third-order valence-electron chi connectivity index (χ3n) is 3.34. The minimum absolute atomic E-state index is 0.149. The highest BCUT2D eigenvalue weighted by atomic mass is 19.2. The second-order valence-corrected chi connectivity index (χ2v) is 4.97. The Kier molecular flexibility index (Phi) is 4.52. The van der Waals surface area contributed by atoms with Gasteiger partial charge in [0.05, 0.1) is 11.6 Å². The van der Waals surface area contributed by atoms with Gasteiger partial charge in [0.1, 0.15) is 0 Å². The Bertz CT molecular complexity index is 766. The summed E-state index contributed by atoms with van der Waals surface area (Å²) in [6.07, 6.45) is 0. The molecule has 0 heterocycles. The first-order valence-electron chi connectivity index (χ1n) is 6.69. The molecular weight excluding hydrogens is 286 g/mol. The highest BCUT2D eigenvalue weighted by molar-refractivity contribution is 5.99. The average molecular weight is 300 g/mol. The van der Waals surface area contributed by atoms with E-state index >= 15 is 0 Å². The maximum absolute atomic E-state index is 13.3. The molecule has 0 spiro atoms. The van der Waals surface area contributed by atoms with Crippen LogP contribution < -0.4 is 5.32 Å². The predicted molar refractivity (Wildman–Crippen MR) is 79.6 cm³/mol. The second-order valence-electron chi connectivity index (χ2n) is 4.97. The van der Waals surface area contributed by atoms with Crippen LogP contribution in [0.4, 0.5) is 14.5 Å². The summed E-state index contributed by atoms with van der Waals surface area (Å²) in [4.78, 5) is 11.7. The van der Waals surface area contributed by atoms with Crippen molar-refractivity contribution in [3.63, 3.8) is 0 Å². The van der Waals surface area contributed by atoms with Gasteiger partial charge in [0.25, 0.3) is 0 Å². The number of Topliss-reactive ketones (excluding diaryl/α,β-unsaturated/α-hetero) is 1. The van der Waals surface area contributed by atoms with E-state index in [9.17, 15) is 13.6 Å². The molecule has 0 saturated carbocycles. The summed E-state index contributed by atoms with van der Waals surface area (Å²) in [5.41, 5.74) is 1.87. The van der Waals surface area contributed by atoms with Crippen LogP contribution in [0.1, 0.15) is 41.4 Å². The number of rotatable bonds is 4. The fourth-order valence-electron chi connectivity index (χ4n) is 2.14. The number of benzene rings is 2. The van der Waals surface area contributed by atoms with Gasteiger partial charge in [0.15, 0.2) is 17.4 Å². The molecule has 0 fully saturated rings. The molecule has 2 aromatic carbocycles. The van der Waals surface area contributed by atoms with Gasteiger partial charge in [0.2, 0.25) is 0 Å². The smallest absolute Gasteiger partial charge is 0.161 e. The standard InChI is InChI=1S/C17H14F2N2O/c1-10(13-4-6-15(18)16(19)8-13)21-17-7-12(9-20)3-5-14(17)11(2)22/h3-8,10,21H,1-2H3. The molecule has 0 aliphatic heterocycles. The number of halogens is 2. The lowest BCUT2D eigenvalue weighted by Crippen LogP contribution is -2.10. The molecule has 1 unspecified atom stereocenters. The Balaban J connectivity index is 2.34. The van der Waals surface area contributed by atoms with Crippen LogP contribution >= 0.6 is 0 Å². The molecule has 0 aliphatic carbocycles. The highest BCUT2D eigenvalue weighted by Gasteiger charge is 2.13. The van der Waals surface area contributed by atoms with Gasteiger partial charge < -0.3 is 5.32 Å². The third-order valence-corrected chi connectivity index (χ3v) is 3.34. The van der Waals surface area contributed by atoms with Crippen molar-refractivity contribution in [2.45, 2.75) is 19.9 Å². The normalized spacial score (nSPS) is 11.6. The van der Waals surface area contributed by atoms with Crippen LogP contribution in [0.3, 0.4) is 0 Å². The Morgan fingerprint density at radius 3 is 2.50 bits per heavy atom. The zero-order valence-corrected chi connectivity index (χ0v) is 12.2. The molecule has 1 N–H and O–H groups in total. The van der Waals surface area contributed by atoms with Gasteiger partial charge in [-0.3, -0.25) is 4.79 Å². The molecule has 0 aromatic heterocycles. The molecule has 2 aromatic rings. The van der Waals surface area contributed by atoms with E-state index < -0.39 is 11.6 Å². The molecular formula is C17H14F2N2O. The zero-order chi connectivity index (χ0) is 16.3. The van der Waals surface area contributed by atoms with Crippen LogP contribution in [-0.4, -0.2) is 5.78 Å². The number of hydrogen-bond donors (Lipinski definition) is 1. The summed E-state index contributed by atoms with van der Waals surface area (Å²) >= 11 is 0. The molecule has 3 nitrogen and oxygen atoms in total. The number of carbonyl (C=O) groups is 1. The fourth-order valence-corrected chi connectivity index (χ4v) is 2.14. The molecule has 5 heteroatoms. The van der Waals surface area contributed by atoms with Crippen molar-refractivity contribution < 1.29 is 13.6 Å². The molecule has 0 saturated heterocycles. The van der Waals surface area contributed by atoms with Crippen LogP contribution in [-0.2, 0) is 0 Å². The van der Waals surface area contributed by atoms with Crippen molar-refractivity contribution in [3.05, 3.63) is 64.7 Å². The Morgan fingerprint density at radius 2 is 1.91 bits per heavy atom. The molecule has 112 valence electrons. The van der Waals surface area contributed by atoms with Crippen molar-refractivity contribution in [1.29, 1.82) is 5.26 Å². The van der Waals surface area contributed by atoms with E-state index in [1.54, 1.807) is 25.1 Å². The van der Waals surface area contributed by atoms with E-state index in [-0.39, 0.29) is 11.8 Å². The second kappa shape index (κ2) is 6.35. The van der Waals surface area contributed by atoms with E-state index in [0.717, 1.165) is 12.1 Å². The van der Waals surface area contributed by atoms with Crippen LogP contribution in [0.5, 0.6) is 0 Å². The van der Waals surface area contributed by atoms with Gasteiger partial charge in [-0.2, -0.15) is 5.26 Å². The number of carbonyl (C=O) groups excluding carboxylic acids is 1. The largest absolute Gasteiger partial charge is 0.378 e. The molecule has 1 atom stereocenters. The fraction of sp³-hybridized carbons (Fsp3) is 0.176. The first-order valence-corrected chi connectivity index (χ1v) is 6.69. The number of anilines is 1. The highest BCUT2D eigenvalue weighted by Crippen LogP contribution is 2.25. The Labute approximate surface area is 127 Å². The summed E-state index contributed by atoms with van der Waals surface area (Å²) in [5, 5.41) is 12.0. The van der Waals surface area contributed by atoms with Gasteiger partial charge in [-0.25, -0.2) is 8.78 Å². The van der Waals surface area contributed by atoms with Crippen molar-refractivity contribution >= 4 is 11.5 Å². The lowest BCUT2D eigenvalue weighted by molar-refractivity contribution is 0.101. The van der Waals surface area contributed by atoms with E-state index in [0.29, 0.717) is 22.4 Å². The van der Waals surface area contributed by atoms with E-state index in [1.165, 1.54) is 13.0 Å². The van der Waals surface area contributed by atoms with Crippen molar-refractivity contribution in [2.75, 3.05) is 5.32 Å². The summed E-state index contributed by atoms with van der Waals surface area (Å²) in [6.45, 7) is 3.18. The maximum atomic E-state index is 13.3. The van der Waals surface area contributed by atoms with Crippen LogP contribution in [0, 0.1) is 23.0 Å².